The van der Waals surface area contributed by atoms with Gasteiger partial charge >= 0.3 is 0 Å². The normalized spacial score (nSPS) is 9.69. The van der Waals surface area contributed by atoms with Crippen LogP contribution in [0, 0.1) is 5.82 Å². The summed E-state index contributed by atoms with van der Waals surface area (Å²) in [6.45, 7) is 6.26. The second kappa shape index (κ2) is 4.65. The van der Waals surface area contributed by atoms with E-state index in [9.17, 15) is 4.39 Å². The molecule has 0 saturated carbocycles. The topological polar surface area (TPSA) is 9.23 Å². The molecule has 0 heterocycles. The van der Waals surface area contributed by atoms with E-state index in [0.717, 1.165) is 12.0 Å². The smallest absolute Gasteiger partial charge is 0.126 e. The number of benzene rings is 1. The molecule has 1 aromatic rings. The van der Waals surface area contributed by atoms with E-state index in [1.54, 1.807) is 12.1 Å². The second-order valence-electron chi connectivity index (χ2n) is 2.85. The Bertz CT molecular complexity index is 294. The van der Waals surface area contributed by atoms with Crippen molar-refractivity contribution in [3.05, 3.63) is 42.2 Å². The molecule has 0 amide bonds. The summed E-state index contributed by atoms with van der Waals surface area (Å²) in [5.41, 5.74) is 1.00. The molecule has 1 rings (SSSR count). The zero-order valence-electron chi connectivity index (χ0n) is 7.72. The van der Waals surface area contributed by atoms with Crippen LogP contribution in [0.15, 0.2) is 36.4 Å². The molecule has 0 spiro atoms. The molecule has 0 bridgehead atoms. The summed E-state index contributed by atoms with van der Waals surface area (Å²) >= 11 is 0. The van der Waals surface area contributed by atoms with Gasteiger partial charge < -0.3 is 4.74 Å². The molecule has 0 N–H and O–H groups in total. The van der Waals surface area contributed by atoms with E-state index >= 15 is 0 Å². The zero-order chi connectivity index (χ0) is 9.68. The Morgan fingerprint density at radius 3 is 2.92 bits per heavy atom. The van der Waals surface area contributed by atoms with Crippen molar-refractivity contribution in [3.63, 3.8) is 0 Å². The third-order valence-corrected chi connectivity index (χ3v) is 1.74. The quantitative estimate of drug-likeness (QED) is 0.646. The fourth-order valence-electron chi connectivity index (χ4n) is 0.844. The molecule has 0 unspecified atom stereocenters. The summed E-state index contributed by atoms with van der Waals surface area (Å²) in [6, 6.07) is 6.11. The van der Waals surface area contributed by atoms with Crippen molar-refractivity contribution in [3.8, 4) is 5.75 Å². The fourth-order valence-corrected chi connectivity index (χ4v) is 0.844. The molecule has 0 atom stereocenters. The van der Waals surface area contributed by atoms with Gasteiger partial charge in [0.25, 0.3) is 0 Å². The molecular weight excluding hydrogens is 167 g/mol. The maximum absolute atomic E-state index is 12.7. The highest BCUT2D eigenvalue weighted by molar-refractivity contribution is 5.22. The first-order valence-corrected chi connectivity index (χ1v) is 4.27. The summed E-state index contributed by atoms with van der Waals surface area (Å²) < 4.78 is 18.0. The van der Waals surface area contributed by atoms with Gasteiger partial charge in [-0.15, -0.1) is 0 Å². The fraction of sp³-hybridized carbons (Fsp3) is 0.273. The Morgan fingerprint density at radius 2 is 2.31 bits per heavy atom. The lowest BCUT2D eigenvalue weighted by atomic mass is 10.2. The number of ether oxygens (including phenoxy) is 1. The van der Waals surface area contributed by atoms with Gasteiger partial charge in [0, 0.05) is 6.07 Å². The van der Waals surface area contributed by atoms with Crippen LogP contribution in [-0.2, 0) is 0 Å². The van der Waals surface area contributed by atoms with Gasteiger partial charge in [-0.1, -0.05) is 19.6 Å². The van der Waals surface area contributed by atoms with Gasteiger partial charge in [-0.05, 0) is 24.1 Å². The van der Waals surface area contributed by atoms with Crippen molar-refractivity contribution < 1.29 is 9.13 Å². The van der Waals surface area contributed by atoms with E-state index in [4.69, 9.17) is 4.74 Å². The summed E-state index contributed by atoms with van der Waals surface area (Å²) in [5.74, 6) is 0.272. The van der Waals surface area contributed by atoms with Gasteiger partial charge in [-0.25, -0.2) is 4.39 Å². The van der Waals surface area contributed by atoms with Crippen LogP contribution in [0.2, 0.25) is 0 Å². The zero-order valence-corrected chi connectivity index (χ0v) is 7.72. The SMILES string of the molecule is C=C(CC)COc1cccc(F)c1. The van der Waals surface area contributed by atoms with Crippen LogP contribution in [0.3, 0.4) is 0 Å². The lowest BCUT2D eigenvalue weighted by Crippen LogP contribution is -1.99. The van der Waals surface area contributed by atoms with Crippen molar-refractivity contribution in [2.24, 2.45) is 0 Å². The number of halogens is 1. The van der Waals surface area contributed by atoms with Crippen LogP contribution in [0.4, 0.5) is 4.39 Å². The average molecular weight is 180 g/mol. The van der Waals surface area contributed by atoms with Gasteiger partial charge in [0.05, 0.1) is 0 Å². The van der Waals surface area contributed by atoms with Gasteiger partial charge in [-0.2, -0.15) is 0 Å². The Kier molecular flexibility index (Phi) is 3.50. The van der Waals surface area contributed by atoms with E-state index in [2.05, 4.69) is 6.58 Å². The highest BCUT2D eigenvalue weighted by Crippen LogP contribution is 2.12. The van der Waals surface area contributed by atoms with Gasteiger partial charge in [-0.3, -0.25) is 0 Å². The summed E-state index contributed by atoms with van der Waals surface area (Å²) in [6.07, 6.45) is 0.884. The van der Waals surface area contributed by atoms with Crippen LogP contribution in [-0.4, -0.2) is 6.61 Å². The monoisotopic (exact) mass is 180 g/mol. The van der Waals surface area contributed by atoms with Crippen molar-refractivity contribution >= 4 is 0 Å². The van der Waals surface area contributed by atoms with E-state index in [-0.39, 0.29) is 5.82 Å². The molecule has 0 fully saturated rings. The predicted octanol–water partition coefficient (Wildman–Crippen LogP) is 3.17. The molecule has 0 saturated heterocycles. The second-order valence-corrected chi connectivity index (χ2v) is 2.85. The van der Waals surface area contributed by atoms with Crippen molar-refractivity contribution in [2.75, 3.05) is 6.61 Å². The lowest BCUT2D eigenvalue weighted by molar-refractivity contribution is 0.347. The first-order chi connectivity index (χ1) is 6.22. The molecule has 2 heteroatoms. The molecule has 0 aliphatic rings. The third kappa shape index (κ3) is 3.28. The van der Waals surface area contributed by atoms with E-state index in [1.165, 1.54) is 12.1 Å². The maximum atomic E-state index is 12.7. The molecule has 0 aliphatic heterocycles. The van der Waals surface area contributed by atoms with Crippen LogP contribution >= 0.6 is 0 Å². The van der Waals surface area contributed by atoms with E-state index < -0.39 is 0 Å². The Hall–Kier alpha value is -1.31. The molecule has 0 aliphatic carbocycles. The minimum absolute atomic E-state index is 0.278. The van der Waals surface area contributed by atoms with Crippen LogP contribution in [0.25, 0.3) is 0 Å². The standard InChI is InChI=1S/C11H13FO/c1-3-9(2)8-13-11-6-4-5-10(12)7-11/h4-7H,2-3,8H2,1H3. The van der Waals surface area contributed by atoms with Crippen molar-refractivity contribution in [1.82, 2.24) is 0 Å². The number of rotatable bonds is 4. The van der Waals surface area contributed by atoms with Gasteiger partial charge in [0.2, 0.25) is 0 Å². The molecule has 1 aromatic carbocycles. The molecule has 1 nitrogen and oxygen atoms in total. The van der Waals surface area contributed by atoms with Crippen LogP contribution in [0.5, 0.6) is 5.75 Å². The first-order valence-electron chi connectivity index (χ1n) is 4.27. The highest BCUT2D eigenvalue weighted by atomic mass is 19.1. The van der Waals surface area contributed by atoms with E-state index in [1.807, 2.05) is 6.92 Å². The molecule has 70 valence electrons. The molecule has 13 heavy (non-hydrogen) atoms. The minimum Gasteiger partial charge on any atom is -0.489 e. The molecule has 0 aromatic heterocycles. The molecular formula is C11H13FO. The first kappa shape index (κ1) is 9.78. The van der Waals surface area contributed by atoms with Crippen molar-refractivity contribution in [1.29, 1.82) is 0 Å². The Balaban J connectivity index is 2.50. The summed E-state index contributed by atoms with van der Waals surface area (Å²) in [5, 5.41) is 0. The Morgan fingerprint density at radius 1 is 1.54 bits per heavy atom. The summed E-state index contributed by atoms with van der Waals surface area (Å²) in [4.78, 5) is 0. The number of hydrogen-bond acceptors (Lipinski definition) is 1. The number of hydrogen-bond donors (Lipinski definition) is 0. The van der Waals surface area contributed by atoms with E-state index in [0.29, 0.717) is 12.4 Å². The van der Waals surface area contributed by atoms with Crippen molar-refractivity contribution in [2.45, 2.75) is 13.3 Å². The lowest BCUT2D eigenvalue weighted by Gasteiger charge is -2.06. The van der Waals surface area contributed by atoms with Gasteiger partial charge in [0.15, 0.2) is 0 Å². The maximum Gasteiger partial charge on any atom is 0.126 e. The average Bonchev–Trinajstić information content (AvgIpc) is 2.14. The van der Waals surface area contributed by atoms with Crippen LogP contribution in [0.1, 0.15) is 13.3 Å². The molecule has 0 radical (unpaired) electrons. The largest absolute Gasteiger partial charge is 0.489 e. The Labute approximate surface area is 77.8 Å². The predicted molar refractivity (Wildman–Crippen MR) is 51.3 cm³/mol. The van der Waals surface area contributed by atoms with Crippen LogP contribution < -0.4 is 4.74 Å². The third-order valence-electron chi connectivity index (χ3n) is 1.74. The highest BCUT2D eigenvalue weighted by Gasteiger charge is 1.96. The van der Waals surface area contributed by atoms with Gasteiger partial charge in [0.1, 0.15) is 18.2 Å². The summed E-state index contributed by atoms with van der Waals surface area (Å²) in [7, 11) is 0. The minimum atomic E-state index is -0.278.